The molecule has 2 aromatic carbocycles. The average Bonchev–Trinajstić information content (AvgIpc) is 3.26. The number of amides is 3. The van der Waals surface area contributed by atoms with E-state index in [0.29, 0.717) is 10.0 Å². The first-order valence-corrected chi connectivity index (χ1v) is 16.3. The molecule has 12 nitrogen and oxygen atoms in total. The summed E-state index contributed by atoms with van der Waals surface area (Å²) in [5, 5.41) is 6.19. The molecule has 1 aromatic heterocycles. The minimum Gasteiger partial charge on any atom is -0.444 e. The fraction of sp³-hybridized carbons (Fsp3) is 0.438. The maximum absolute atomic E-state index is 13.5. The third-order valence-electron chi connectivity index (χ3n) is 6.57. The molecule has 15 heteroatoms. The van der Waals surface area contributed by atoms with Crippen molar-refractivity contribution in [1.82, 2.24) is 19.2 Å². The monoisotopic (exact) mass is 707 g/mol. The third kappa shape index (κ3) is 11.1. The number of ether oxygens (including phenoxy) is 2. The van der Waals surface area contributed by atoms with Gasteiger partial charge in [-0.15, -0.1) is 0 Å². The van der Waals surface area contributed by atoms with Crippen molar-refractivity contribution >= 4 is 58.6 Å². The predicted molar refractivity (Wildman–Crippen MR) is 179 cm³/mol. The van der Waals surface area contributed by atoms with Crippen molar-refractivity contribution in [3.8, 4) is 0 Å². The molecule has 1 unspecified atom stereocenters. The molecule has 2 atom stereocenters. The summed E-state index contributed by atoms with van der Waals surface area (Å²) in [6, 6.07) is 10.9. The zero-order chi connectivity index (χ0) is 35.1. The summed E-state index contributed by atoms with van der Waals surface area (Å²) in [4.78, 5) is 69.6. The number of benzene rings is 2. The van der Waals surface area contributed by atoms with E-state index < -0.39 is 59.9 Å². The van der Waals surface area contributed by atoms with Crippen LogP contribution in [0.5, 0.6) is 0 Å². The molecule has 3 amide bonds. The molecular weight excluding hydrogens is 669 g/mol. The van der Waals surface area contributed by atoms with Crippen LogP contribution in [0, 0.1) is 11.8 Å². The maximum atomic E-state index is 13.5. The van der Waals surface area contributed by atoms with Crippen molar-refractivity contribution in [2.45, 2.75) is 79.4 Å². The van der Waals surface area contributed by atoms with Crippen LogP contribution in [-0.2, 0) is 32.3 Å². The SMILES string of the molecule is CC(C)C(NC(=O)OC(C)(C)C)C(=O)N[C@H](C(=O)OCn1c(=NC(=O)c2ccc(Cl)cc2)sn(Cc2ccc(Cl)cc2)c1=O)C(C)C. The Labute approximate surface area is 286 Å². The van der Waals surface area contributed by atoms with Crippen molar-refractivity contribution in [1.29, 1.82) is 0 Å². The summed E-state index contributed by atoms with van der Waals surface area (Å²) in [5.74, 6) is -2.84. The molecule has 0 fully saturated rings. The topological polar surface area (TPSA) is 150 Å². The van der Waals surface area contributed by atoms with Crippen LogP contribution in [0.25, 0.3) is 0 Å². The quantitative estimate of drug-likeness (QED) is 0.266. The molecular formula is C32H39Cl2N5O7S. The number of aromatic nitrogens is 2. The molecule has 254 valence electrons. The van der Waals surface area contributed by atoms with E-state index >= 15 is 0 Å². The Hall–Kier alpha value is -3.94. The molecule has 0 saturated heterocycles. The Morgan fingerprint density at radius 3 is 1.96 bits per heavy atom. The van der Waals surface area contributed by atoms with E-state index in [-0.39, 0.29) is 22.8 Å². The molecule has 0 aliphatic rings. The fourth-order valence-electron chi connectivity index (χ4n) is 4.12. The van der Waals surface area contributed by atoms with Crippen LogP contribution in [0.2, 0.25) is 10.0 Å². The fourth-order valence-corrected chi connectivity index (χ4v) is 5.31. The van der Waals surface area contributed by atoms with Gasteiger partial charge >= 0.3 is 17.8 Å². The highest BCUT2D eigenvalue weighted by Gasteiger charge is 2.32. The van der Waals surface area contributed by atoms with Gasteiger partial charge in [-0.3, -0.25) is 9.59 Å². The second-order valence-electron chi connectivity index (χ2n) is 12.4. The van der Waals surface area contributed by atoms with Gasteiger partial charge in [-0.2, -0.15) is 4.99 Å². The van der Waals surface area contributed by atoms with Gasteiger partial charge in [0, 0.05) is 15.6 Å². The van der Waals surface area contributed by atoms with Gasteiger partial charge in [-0.25, -0.2) is 22.9 Å². The zero-order valence-electron chi connectivity index (χ0n) is 27.2. The Bertz CT molecular complexity index is 1710. The predicted octanol–water partition coefficient (Wildman–Crippen LogP) is 5.00. The highest BCUT2D eigenvalue weighted by Crippen LogP contribution is 2.13. The second-order valence-corrected chi connectivity index (χ2v) is 14.2. The van der Waals surface area contributed by atoms with Crippen molar-refractivity contribution < 1.29 is 28.7 Å². The van der Waals surface area contributed by atoms with E-state index in [1.165, 1.54) is 16.1 Å². The van der Waals surface area contributed by atoms with Gasteiger partial charge < -0.3 is 20.1 Å². The van der Waals surface area contributed by atoms with Gasteiger partial charge in [-0.1, -0.05) is 63.0 Å². The first kappa shape index (κ1) is 37.5. The lowest BCUT2D eigenvalue weighted by Crippen LogP contribution is -2.55. The number of esters is 1. The summed E-state index contributed by atoms with van der Waals surface area (Å²) in [5.41, 5.74) is -0.346. The van der Waals surface area contributed by atoms with Gasteiger partial charge in [0.05, 0.1) is 6.54 Å². The third-order valence-corrected chi connectivity index (χ3v) is 8.06. The van der Waals surface area contributed by atoms with Crippen LogP contribution >= 0.6 is 34.7 Å². The Morgan fingerprint density at radius 1 is 0.872 bits per heavy atom. The van der Waals surface area contributed by atoms with Crippen LogP contribution in [0.3, 0.4) is 0 Å². The molecule has 2 N–H and O–H groups in total. The molecule has 3 rings (SSSR count). The summed E-state index contributed by atoms with van der Waals surface area (Å²) in [7, 11) is 0. The number of nitrogens with zero attached hydrogens (tertiary/aromatic N) is 3. The van der Waals surface area contributed by atoms with Gasteiger partial charge in [0.1, 0.15) is 17.7 Å². The number of halogens is 2. The highest BCUT2D eigenvalue weighted by atomic mass is 35.5. The van der Waals surface area contributed by atoms with Crippen molar-refractivity contribution in [3.05, 3.63) is 85.0 Å². The van der Waals surface area contributed by atoms with Gasteiger partial charge in [0.25, 0.3) is 5.91 Å². The van der Waals surface area contributed by atoms with E-state index in [9.17, 15) is 24.0 Å². The minimum absolute atomic E-state index is 0.0109. The second kappa shape index (κ2) is 16.2. The Morgan fingerprint density at radius 2 is 1.43 bits per heavy atom. The lowest BCUT2D eigenvalue weighted by atomic mass is 10.0. The van der Waals surface area contributed by atoms with Crippen LogP contribution in [0.15, 0.2) is 58.3 Å². The van der Waals surface area contributed by atoms with Crippen LogP contribution in [0.4, 0.5) is 4.79 Å². The lowest BCUT2D eigenvalue weighted by molar-refractivity contribution is -0.153. The molecule has 0 saturated carbocycles. The molecule has 1 heterocycles. The number of rotatable bonds is 11. The zero-order valence-corrected chi connectivity index (χ0v) is 29.5. The van der Waals surface area contributed by atoms with Crippen LogP contribution in [-0.4, -0.2) is 50.1 Å². The normalized spacial score (nSPS) is 13.3. The van der Waals surface area contributed by atoms with Crippen molar-refractivity contribution in [3.63, 3.8) is 0 Å². The molecule has 0 aliphatic heterocycles. The summed E-state index contributed by atoms with van der Waals surface area (Å²) >= 11 is 12.9. The number of carbonyl (C=O) groups excluding carboxylic acids is 4. The van der Waals surface area contributed by atoms with E-state index in [2.05, 4.69) is 15.6 Å². The summed E-state index contributed by atoms with van der Waals surface area (Å²) in [6.45, 7) is 11.6. The summed E-state index contributed by atoms with van der Waals surface area (Å²) < 4.78 is 13.2. The van der Waals surface area contributed by atoms with E-state index in [4.69, 9.17) is 32.7 Å². The molecule has 0 bridgehead atoms. The van der Waals surface area contributed by atoms with Crippen LogP contribution in [0.1, 0.15) is 64.4 Å². The number of nitrogens with one attached hydrogen (secondary N) is 2. The number of hydrogen-bond donors (Lipinski definition) is 2. The van der Waals surface area contributed by atoms with E-state index in [1.54, 1.807) is 84.9 Å². The van der Waals surface area contributed by atoms with Gasteiger partial charge in [-0.05, 0) is 86.1 Å². The summed E-state index contributed by atoms with van der Waals surface area (Å²) in [6.07, 6.45) is -0.775. The number of carbonyl (C=O) groups is 4. The lowest BCUT2D eigenvalue weighted by Gasteiger charge is -2.27. The molecule has 0 spiro atoms. The minimum atomic E-state index is -1.13. The van der Waals surface area contributed by atoms with Crippen molar-refractivity contribution in [2.75, 3.05) is 0 Å². The molecule has 3 aromatic rings. The first-order valence-electron chi connectivity index (χ1n) is 14.8. The van der Waals surface area contributed by atoms with Gasteiger partial charge in [0.15, 0.2) is 6.73 Å². The van der Waals surface area contributed by atoms with Gasteiger partial charge in [0.2, 0.25) is 10.7 Å². The smallest absolute Gasteiger partial charge is 0.408 e. The average molecular weight is 709 g/mol. The Balaban J connectivity index is 1.87. The van der Waals surface area contributed by atoms with Crippen LogP contribution < -0.4 is 21.1 Å². The molecule has 47 heavy (non-hydrogen) atoms. The first-order chi connectivity index (χ1) is 21.9. The van der Waals surface area contributed by atoms with Crippen molar-refractivity contribution in [2.24, 2.45) is 16.8 Å². The Kier molecular flexibility index (Phi) is 13.0. The number of alkyl carbamates (subject to hydrolysis) is 1. The standard InChI is InChI=1S/C32H39Cl2N5O7S/c1-18(2)24(36-30(43)46-32(5,6)7)27(41)35-25(19(3)4)28(42)45-17-38-29(37-26(40)21-10-14-23(34)15-11-21)47-39(31(38)44)16-20-8-12-22(33)13-9-20/h8-15,18-19,24-25H,16-17H2,1-7H3,(H,35,41)(H,36,43)/t24?,25-/m0/s1. The highest BCUT2D eigenvalue weighted by molar-refractivity contribution is 7.03. The molecule has 0 radical (unpaired) electrons. The van der Waals surface area contributed by atoms with E-state index in [0.717, 1.165) is 21.7 Å². The largest absolute Gasteiger partial charge is 0.444 e. The van der Waals surface area contributed by atoms with E-state index in [1.807, 2.05) is 0 Å². The molecule has 0 aliphatic carbocycles. The maximum Gasteiger partial charge on any atom is 0.408 e. The number of hydrogen-bond acceptors (Lipinski definition) is 8.